The van der Waals surface area contributed by atoms with Crippen LogP contribution in [-0.2, 0) is 35.1 Å². The van der Waals surface area contributed by atoms with Crippen molar-refractivity contribution in [3.63, 3.8) is 0 Å². The highest BCUT2D eigenvalue weighted by atomic mass is 16.6. The first kappa shape index (κ1) is 31.1. The van der Waals surface area contributed by atoms with E-state index in [4.69, 9.17) is 24.7 Å². The van der Waals surface area contributed by atoms with Crippen molar-refractivity contribution in [3.8, 4) is 11.5 Å². The van der Waals surface area contributed by atoms with Crippen molar-refractivity contribution in [1.29, 1.82) is 0 Å². The van der Waals surface area contributed by atoms with Crippen molar-refractivity contribution in [3.05, 3.63) is 23.8 Å². The van der Waals surface area contributed by atoms with Crippen molar-refractivity contribution < 1.29 is 38.1 Å². The molecule has 0 radical (unpaired) electrons. The highest BCUT2D eigenvalue weighted by molar-refractivity contribution is 5.81. The number of ether oxygens (including phenoxy) is 4. The molecule has 2 N–H and O–H groups in total. The maximum absolute atomic E-state index is 12.5. The van der Waals surface area contributed by atoms with Crippen molar-refractivity contribution in [1.82, 2.24) is 0 Å². The predicted octanol–water partition coefficient (Wildman–Crippen LogP) is 3.98. The summed E-state index contributed by atoms with van der Waals surface area (Å²) in [6.45, 7) is 15.6. The Kier molecular flexibility index (Phi) is 11.1. The maximum Gasteiger partial charge on any atom is 0.323 e. The minimum absolute atomic E-state index is 0.0519. The number of hydrogen-bond donors (Lipinski definition) is 1. The van der Waals surface area contributed by atoms with Crippen LogP contribution in [0.25, 0.3) is 0 Å². The molecule has 1 rings (SSSR count). The molecule has 0 unspecified atom stereocenters. The largest absolute Gasteiger partial charge is 0.462 e. The van der Waals surface area contributed by atoms with Crippen LogP contribution < -0.4 is 15.2 Å². The van der Waals surface area contributed by atoms with E-state index in [0.29, 0.717) is 5.56 Å². The Morgan fingerprint density at radius 2 is 1.39 bits per heavy atom. The third kappa shape index (κ3) is 10.8. The first-order valence-electron chi connectivity index (χ1n) is 12.1. The zero-order valence-electron chi connectivity index (χ0n) is 22.9. The van der Waals surface area contributed by atoms with E-state index >= 15 is 0 Å². The van der Waals surface area contributed by atoms with Gasteiger partial charge in [-0.3, -0.25) is 19.2 Å². The molecule has 9 nitrogen and oxygen atoms in total. The monoisotopic (exact) mass is 507 g/mol. The average molecular weight is 508 g/mol. The summed E-state index contributed by atoms with van der Waals surface area (Å²) in [5, 5.41) is 0. The second kappa shape index (κ2) is 12.9. The molecule has 36 heavy (non-hydrogen) atoms. The standard InChI is InChI=1S/C27H41NO8/c1-16(2)12-22(29)33-15-17(3)34-23(30)19(28)13-18-10-11-20(35-24(31)26(4,5)6)21(14-18)36-25(32)27(7,8)9/h10-11,14,16-17,19H,12-13,15,28H2,1-9H3/t17-,19-/m0/s1. The summed E-state index contributed by atoms with van der Waals surface area (Å²) in [7, 11) is 0. The van der Waals surface area contributed by atoms with Gasteiger partial charge in [-0.15, -0.1) is 0 Å². The van der Waals surface area contributed by atoms with Crippen LogP contribution in [0.2, 0.25) is 0 Å². The molecule has 0 aliphatic heterocycles. The third-order valence-corrected chi connectivity index (χ3v) is 4.77. The van der Waals surface area contributed by atoms with E-state index in [2.05, 4.69) is 0 Å². The summed E-state index contributed by atoms with van der Waals surface area (Å²) in [5.74, 6) is -1.73. The summed E-state index contributed by atoms with van der Waals surface area (Å²) in [5.41, 5.74) is 5.05. The third-order valence-electron chi connectivity index (χ3n) is 4.77. The SMILES string of the molecule is CC(C)CC(=O)OC[C@H](C)OC(=O)[C@@H](N)Cc1ccc(OC(=O)C(C)(C)C)c(OC(=O)C(C)(C)C)c1. The van der Waals surface area contributed by atoms with Gasteiger partial charge in [0.15, 0.2) is 11.5 Å². The van der Waals surface area contributed by atoms with Gasteiger partial charge in [0.05, 0.1) is 10.8 Å². The van der Waals surface area contributed by atoms with Crippen LogP contribution in [0.3, 0.4) is 0 Å². The number of rotatable bonds is 10. The summed E-state index contributed by atoms with van der Waals surface area (Å²) >= 11 is 0. The highest BCUT2D eigenvalue weighted by Crippen LogP contribution is 2.33. The Labute approximate surface area is 214 Å². The van der Waals surface area contributed by atoms with Gasteiger partial charge in [-0.2, -0.15) is 0 Å². The van der Waals surface area contributed by atoms with E-state index in [9.17, 15) is 19.2 Å². The topological polar surface area (TPSA) is 131 Å². The lowest BCUT2D eigenvalue weighted by Gasteiger charge is -2.21. The molecule has 0 aliphatic carbocycles. The molecule has 1 aromatic carbocycles. The number of carbonyl (C=O) groups is 4. The molecule has 0 saturated heterocycles. The Hall–Kier alpha value is -2.94. The molecule has 2 atom stereocenters. The van der Waals surface area contributed by atoms with E-state index < -0.39 is 40.9 Å². The van der Waals surface area contributed by atoms with Crippen LogP contribution in [0, 0.1) is 16.7 Å². The minimum atomic E-state index is -1.02. The van der Waals surface area contributed by atoms with Gasteiger partial charge < -0.3 is 24.7 Å². The van der Waals surface area contributed by atoms with Gasteiger partial charge in [0.2, 0.25) is 0 Å². The zero-order valence-corrected chi connectivity index (χ0v) is 22.9. The van der Waals surface area contributed by atoms with E-state index in [1.54, 1.807) is 54.5 Å². The molecule has 0 aliphatic rings. The van der Waals surface area contributed by atoms with Crippen LogP contribution in [0.1, 0.15) is 74.3 Å². The fraction of sp³-hybridized carbons (Fsp3) is 0.630. The van der Waals surface area contributed by atoms with Gasteiger partial charge in [-0.05, 0) is 78.5 Å². The first-order chi connectivity index (χ1) is 16.4. The molecular weight excluding hydrogens is 466 g/mol. The van der Waals surface area contributed by atoms with Crippen molar-refractivity contribution in [2.24, 2.45) is 22.5 Å². The van der Waals surface area contributed by atoms with Crippen LogP contribution in [0.5, 0.6) is 11.5 Å². The fourth-order valence-electron chi connectivity index (χ4n) is 2.61. The lowest BCUT2D eigenvalue weighted by atomic mass is 9.97. The molecule has 0 fully saturated rings. The number of hydrogen-bond acceptors (Lipinski definition) is 9. The molecule has 0 heterocycles. The van der Waals surface area contributed by atoms with Gasteiger partial charge >= 0.3 is 23.9 Å². The molecule has 0 amide bonds. The summed E-state index contributed by atoms with van der Waals surface area (Å²) < 4.78 is 21.4. The van der Waals surface area contributed by atoms with Crippen LogP contribution in [-0.4, -0.2) is 42.6 Å². The number of carbonyl (C=O) groups excluding carboxylic acids is 4. The van der Waals surface area contributed by atoms with Gasteiger partial charge in [0.1, 0.15) is 18.8 Å². The molecule has 9 heteroatoms. The molecule has 202 valence electrons. The minimum Gasteiger partial charge on any atom is -0.462 e. The number of nitrogens with two attached hydrogens (primary N) is 1. The quantitative estimate of drug-likeness (QED) is 0.369. The Morgan fingerprint density at radius 3 is 1.89 bits per heavy atom. The van der Waals surface area contributed by atoms with Crippen molar-refractivity contribution in [2.75, 3.05) is 6.61 Å². The summed E-state index contributed by atoms with van der Waals surface area (Å²) in [4.78, 5) is 49.0. The Bertz CT molecular complexity index is 940. The predicted molar refractivity (Wildman–Crippen MR) is 134 cm³/mol. The zero-order chi connectivity index (χ0) is 27.8. The maximum atomic E-state index is 12.5. The van der Waals surface area contributed by atoms with E-state index in [1.165, 1.54) is 12.1 Å². The lowest BCUT2D eigenvalue weighted by molar-refractivity contribution is -0.159. The number of benzene rings is 1. The van der Waals surface area contributed by atoms with Gasteiger partial charge in [0.25, 0.3) is 0 Å². The van der Waals surface area contributed by atoms with Crippen LogP contribution >= 0.6 is 0 Å². The van der Waals surface area contributed by atoms with Crippen molar-refractivity contribution in [2.45, 2.75) is 87.3 Å². The van der Waals surface area contributed by atoms with Gasteiger partial charge in [-0.25, -0.2) is 0 Å². The second-order valence-corrected chi connectivity index (χ2v) is 11.4. The van der Waals surface area contributed by atoms with Gasteiger partial charge in [-0.1, -0.05) is 19.9 Å². The number of esters is 4. The van der Waals surface area contributed by atoms with Crippen LogP contribution in [0.15, 0.2) is 18.2 Å². The fourth-order valence-corrected chi connectivity index (χ4v) is 2.61. The Morgan fingerprint density at radius 1 is 0.861 bits per heavy atom. The second-order valence-electron chi connectivity index (χ2n) is 11.4. The lowest BCUT2D eigenvalue weighted by Crippen LogP contribution is -2.37. The van der Waals surface area contributed by atoms with Crippen molar-refractivity contribution >= 4 is 23.9 Å². The highest BCUT2D eigenvalue weighted by Gasteiger charge is 2.29. The van der Waals surface area contributed by atoms with E-state index in [-0.39, 0.29) is 42.8 Å². The van der Waals surface area contributed by atoms with Crippen LogP contribution in [0.4, 0.5) is 0 Å². The molecule has 0 spiro atoms. The Balaban J connectivity index is 2.94. The molecule has 0 bridgehead atoms. The summed E-state index contributed by atoms with van der Waals surface area (Å²) in [6, 6.07) is 3.62. The van der Waals surface area contributed by atoms with Gasteiger partial charge in [0, 0.05) is 6.42 Å². The molecule has 0 saturated carbocycles. The first-order valence-corrected chi connectivity index (χ1v) is 12.1. The molecular formula is C27H41NO8. The molecule has 1 aromatic rings. The van der Waals surface area contributed by atoms with E-state index in [1.807, 2.05) is 13.8 Å². The average Bonchev–Trinajstić information content (AvgIpc) is 2.72. The molecule has 0 aromatic heterocycles. The normalized spacial score (nSPS) is 13.5. The summed E-state index contributed by atoms with van der Waals surface area (Å²) in [6.07, 6.45) is -0.308. The van der Waals surface area contributed by atoms with E-state index in [0.717, 1.165) is 0 Å². The smallest absolute Gasteiger partial charge is 0.323 e.